The molecular formula is C20H20FN3O2. The molecule has 0 radical (unpaired) electrons. The molecule has 1 aliphatic heterocycles. The summed E-state index contributed by atoms with van der Waals surface area (Å²) in [5.74, 6) is -1.09. The third-order valence-corrected chi connectivity index (χ3v) is 5.02. The summed E-state index contributed by atoms with van der Waals surface area (Å²) >= 11 is 0. The Kier molecular flexibility index (Phi) is 4.34. The highest BCUT2D eigenvalue weighted by Gasteiger charge is 2.32. The Bertz CT molecular complexity index is 914. The number of piperazine rings is 1. The van der Waals surface area contributed by atoms with Gasteiger partial charge in [-0.05, 0) is 30.3 Å². The summed E-state index contributed by atoms with van der Waals surface area (Å²) < 4.78 is 13.1. The average molecular weight is 353 g/mol. The molecule has 6 heteroatoms. The van der Waals surface area contributed by atoms with Gasteiger partial charge < -0.3 is 15.0 Å². The van der Waals surface area contributed by atoms with E-state index in [4.69, 9.17) is 0 Å². The van der Waals surface area contributed by atoms with Gasteiger partial charge in [-0.1, -0.05) is 18.2 Å². The van der Waals surface area contributed by atoms with E-state index in [-0.39, 0.29) is 5.82 Å². The van der Waals surface area contributed by atoms with Crippen molar-refractivity contribution < 1.29 is 14.3 Å². The van der Waals surface area contributed by atoms with Crippen LogP contribution in [0.25, 0.3) is 10.9 Å². The summed E-state index contributed by atoms with van der Waals surface area (Å²) in [7, 11) is 0. The van der Waals surface area contributed by atoms with Gasteiger partial charge in [0, 0.05) is 54.5 Å². The standard InChI is InChI=1S/C20H20FN3O2/c21-14-5-7-15(8-6-14)23-9-11-24(12-10-23)19(20(25)26)17-13-22-18-4-2-1-3-16(17)18/h1-8,13,19,22H,9-12H2,(H,25,26)/t19-/m0/s1. The molecule has 2 N–H and O–H groups in total. The van der Waals surface area contributed by atoms with Crippen LogP contribution in [-0.4, -0.2) is 47.1 Å². The lowest BCUT2D eigenvalue weighted by atomic mass is 10.0. The van der Waals surface area contributed by atoms with Crippen LogP contribution in [0.5, 0.6) is 0 Å². The highest BCUT2D eigenvalue weighted by Crippen LogP contribution is 2.30. The number of carboxylic acid groups (broad SMARTS) is 1. The minimum absolute atomic E-state index is 0.252. The van der Waals surface area contributed by atoms with Crippen LogP contribution < -0.4 is 4.90 Å². The van der Waals surface area contributed by atoms with Crippen molar-refractivity contribution in [3.05, 3.63) is 66.1 Å². The van der Waals surface area contributed by atoms with Crippen LogP contribution in [0.3, 0.4) is 0 Å². The molecule has 0 unspecified atom stereocenters. The maximum Gasteiger partial charge on any atom is 0.325 e. The van der Waals surface area contributed by atoms with Crippen molar-refractivity contribution in [2.24, 2.45) is 0 Å². The third-order valence-electron chi connectivity index (χ3n) is 5.02. The molecule has 1 aliphatic rings. The maximum atomic E-state index is 13.1. The van der Waals surface area contributed by atoms with Gasteiger partial charge in [0.15, 0.2) is 0 Å². The van der Waals surface area contributed by atoms with Crippen molar-refractivity contribution in [3.8, 4) is 0 Å². The second-order valence-corrected chi connectivity index (χ2v) is 6.53. The number of carbonyl (C=O) groups is 1. The van der Waals surface area contributed by atoms with E-state index in [2.05, 4.69) is 9.88 Å². The Morgan fingerprint density at radius 3 is 2.42 bits per heavy atom. The first-order chi connectivity index (χ1) is 12.6. The number of hydrogen-bond donors (Lipinski definition) is 2. The van der Waals surface area contributed by atoms with Gasteiger partial charge in [-0.25, -0.2) is 4.39 Å². The molecule has 2 heterocycles. The fourth-order valence-corrected chi connectivity index (χ4v) is 3.70. The fraction of sp³-hybridized carbons (Fsp3) is 0.250. The van der Waals surface area contributed by atoms with Gasteiger partial charge in [-0.2, -0.15) is 0 Å². The summed E-state index contributed by atoms with van der Waals surface area (Å²) in [5, 5.41) is 10.8. The number of aromatic amines is 1. The number of anilines is 1. The molecule has 2 aromatic carbocycles. The van der Waals surface area contributed by atoms with Gasteiger partial charge in [0.2, 0.25) is 0 Å². The lowest BCUT2D eigenvalue weighted by Gasteiger charge is -2.38. The molecule has 0 saturated carbocycles. The Labute approximate surface area is 150 Å². The highest BCUT2D eigenvalue weighted by molar-refractivity contribution is 5.89. The molecule has 0 amide bonds. The van der Waals surface area contributed by atoms with Crippen LogP contribution in [0.15, 0.2) is 54.7 Å². The molecule has 3 aromatic rings. The topological polar surface area (TPSA) is 59.6 Å². The number of nitrogens with one attached hydrogen (secondary N) is 1. The van der Waals surface area contributed by atoms with E-state index in [1.165, 1.54) is 12.1 Å². The first kappa shape index (κ1) is 16.6. The van der Waals surface area contributed by atoms with Gasteiger partial charge in [0.05, 0.1) is 0 Å². The highest BCUT2D eigenvalue weighted by atomic mass is 19.1. The van der Waals surface area contributed by atoms with Crippen molar-refractivity contribution in [1.29, 1.82) is 0 Å². The molecular weight excluding hydrogens is 333 g/mol. The second kappa shape index (κ2) is 6.80. The van der Waals surface area contributed by atoms with Crippen LogP contribution in [0, 0.1) is 5.82 Å². The van der Waals surface area contributed by atoms with Crippen molar-refractivity contribution in [3.63, 3.8) is 0 Å². The number of benzene rings is 2. The third kappa shape index (κ3) is 3.04. The largest absolute Gasteiger partial charge is 0.480 e. The van der Waals surface area contributed by atoms with Crippen molar-refractivity contribution in [2.75, 3.05) is 31.1 Å². The van der Waals surface area contributed by atoms with E-state index < -0.39 is 12.0 Å². The smallest absolute Gasteiger partial charge is 0.325 e. The van der Waals surface area contributed by atoms with E-state index in [1.54, 1.807) is 18.3 Å². The van der Waals surface area contributed by atoms with Gasteiger partial charge in [-0.3, -0.25) is 9.69 Å². The SMILES string of the molecule is O=C(O)[C@H](c1c[nH]c2ccccc12)N1CCN(c2ccc(F)cc2)CC1. The molecule has 1 aromatic heterocycles. The molecule has 5 nitrogen and oxygen atoms in total. The molecule has 4 rings (SSSR count). The van der Waals surface area contributed by atoms with E-state index in [0.29, 0.717) is 26.2 Å². The number of halogens is 1. The predicted molar refractivity (Wildman–Crippen MR) is 98.9 cm³/mol. The molecule has 0 bridgehead atoms. The zero-order valence-corrected chi connectivity index (χ0v) is 14.2. The van der Waals surface area contributed by atoms with E-state index in [9.17, 15) is 14.3 Å². The minimum atomic E-state index is -0.843. The normalized spacial score (nSPS) is 16.7. The lowest BCUT2D eigenvalue weighted by Crippen LogP contribution is -2.49. The van der Waals surface area contributed by atoms with Crippen LogP contribution in [0.1, 0.15) is 11.6 Å². The Morgan fingerprint density at radius 2 is 1.73 bits per heavy atom. The van der Waals surface area contributed by atoms with Crippen LogP contribution in [0.4, 0.5) is 10.1 Å². The Morgan fingerprint density at radius 1 is 1.04 bits per heavy atom. The fourth-order valence-electron chi connectivity index (χ4n) is 3.70. The number of rotatable bonds is 4. The average Bonchev–Trinajstić information content (AvgIpc) is 3.07. The van der Waals surface area contributed by atoms with Gasteiger partial charge in [0.25, 0.3) is 0 Å². The van der Waals surface area contributed by atoms with Crippen LogP contribution in [-0.2, 0) is 4.79 Å². The monoisotopic (exact) mass is 353 g/mol. The molecule has 1 fully saturated rings. The number of aromatic nitrogens is 1. The van der Waals surface area contributed by atoms with E-state index in [0.717, 1.165) is 22.2 Å². The van der Waals surface area contributed by atoms with E-state index in [1.807, 2.05) is 29.2 Å². The Hall–Kier alpha value is -2.86. The van der Waals surface area contributed by atoms with Gasteiger partial charge >= 0.3 is 5.97 Å². The van der Waals surface area contributed by atoms with Crippen molar-refractivity contribution in [1.82, 2.24) is 9.88 Å². The number of para-hydroxylation sites is 1. The molecule has 134 valence electrons. The lowest BCUT2D eigenvalue weighted by molar-refractivity contribution is -0.143. The number of H-pyrrole nitrogens is 1. The van der Waals surface area contributed by atoms with E-state index >= 15 is 0 Å². The summed E-state index contributed by atoms with van der Waals surface area (Å²) in [5.41, 5.74) is 2.70. The van der Waals surface area contributed by atoms with Crippen molar-refractivity contribution >= 4 is 22.6 Å². The van der Waals surface area contributed by atoms with Crippen LogP contribution in [0.2, 0.25) is 0 Å². The summed E-state index contributed by atoms with van der Waals surface area (Å²) in [6.45, 7) is 2.68. The molecule has 26 heavy (non-hydrogen) atoms. The zero-order valence-electron chi connectivity index (χ0n) is 14.2. The molecule has 1 atom stereocenters. The number of aliphatic carboxylic acids is 1. The van der Waals surface area contributed by atoms with Gasteiger partial charge in [-0.15, -0.1) is 0 Å². The van der Waals surface area contributed by atoms with Gasteiger partial charge in [0.1, 0.15) is 11.9 Å². The zero-order chi connectivity index (χ0) is 18.1. The first-order valence-corrected chi connectivity index (χ1v) is 8.67. The minimum Gasteiger partial charge on any atom is -0.480 e. The second-order valence-electron chi connectivity index (χ2n) is 6.53. The molecule has 0 spiro atoms. The van der Waals surface area contributed by atoms with Crippen LogP contribution >= 0.6 is 0 Å². The first-order valence-electron chi connectivity index (χ1n) is 8.67. The number of carboxylic acids is 1. The summed E-state index contributed by atoms with van der Waals surface area (Å²) in [6.07, 6.45) is 1.80. The maximum absolute atomic E-state index is 13.1. The number of fused-ring (bicyclic) bond motifs is 1. The molecule has 0 aliphatic carbocycles. The summed E-state index contributed by atoms with van der Waals surface area (Å²) in [4.78, 5) is 19.3. The number of hydrogen-bond acceptors (Lipinski definition) is 3. The molecule has 1 saturated heterocycles. The Balaban J connectivity index is 1.54. The summed E-state index contributed by atoms with van der Waals surface area (Å²) in [6, 6.07) is 13.5. The predicted octanol–water partition coefficient (Wildman–Crippen LogP) is 3.25. The quantitative estimate of drug-likeness (QED) is 0.756. The number of nitrogens with zero attached hydrogens (tertiary/aromatic N) is 2. The van der Waals surface area contributed by atoms with Crippen molar-refractivity contribution in [2.45, 2.75) is 6.04 Å².